The Morgan fingerprint density at radius 3 is 2.51 bits per heavy atom. The van der Waals surface area contributed by atoms with Gasteiger partial charge in [0, 0.05) is 18.3 Å². The Kier molecular flexibility index (Phi) is 8.82. The number of ketones is 1. The molecule has 12 heteroatoms. The Morgan fingerprint density at radius 1 is 1.20 bits per heavy atom. The number of hydroxylamine groups is 2. The number of hydrogen-bond acceptors (Lipinski definition) is 6. The van der Waals surface area contributed by atoms with E-state index in [1.165, 1.54) is 4.90 Å². The second kappa shape index (κ2) is 11.6. The van der Waals surface area contributed by atoms with E-state index in [1.54, 1.807) is 0 Å². The molecular weight excluding hydrogens is 469 g/mol. The molecule has 3 rings (SSSR count). The summed E-state index contributed by atoms with van der Waals surface area (Å²) >= 11 is 0. The lowest BCUT2D eigenvalue weighted by atomic mass is 9.91. The largest absolute Gasteiger partial charge is 0.433 e. The number of pyridine rings is 1. The van der Waals surface area contributed by atoms with Crippen LogP contribution in [0.15, 0.2) is 18.3 Å². The van der Waals surface area contributed by atoms with E-state index in [9.17, 15) is 37.6 Å². The van der Waals surface area contributed by atoms with Crippen molar-refractivity contribution in [2.75, 3.05) is 19.6 Å². The van der Waals surface area contributed by atoms with Crippen LogP contribution in [-0.2, 0) is 20.6 Å². The number of amides is 3. The number of alkyl halides is 3. The SMILES string of the molecule is O=CN(O)C[C@@H](CC1CCCC1)C(=O)N1CCC[C@H]1C(=O)NCC(=O)c1ccc(C(F)(F)F)nc1. The number of nitrogens with zero attached hydrogens (tertiary/aromatic N) is 3. The minimum atomic E-state index is -4.62. The molecule has 3 amide bonds. The molecule has 1 aliphatic heterocycles. The smallest absolute Gasteiger partial charge is 0.347 e. The second-order valence-corrected chi connectivity index (χ2v) is 9.07. The molecule has 1 saturated heterocycles. The summed E-state index contributed by atoms with van der Waals surface area (Å²) in [5.74, 6) is -1.82. The molecule has 35 heavy (non-hydrogen) atoms. The molecule has 9 nitrogen and oxygen atoms in total. The number of carbonyl (C=O) groups excluding carboxylic acids is 4. The highest BCUT2D eigenvalue weighted by molar-refractivity contribution is 6.00. The average Bonchev–Trinajstić information content (AvgIpc) is 3.53. The number of likely N-dealkylation sites (tertiary alicyclic amines) is 1. The lowest BCUT2D eigenvalue weighted by molar-refractivity contribution is -0.158. The van der Waals surface area contributed by atoms with E-state index >= 15 is 0 Å². The zero-order valence-corrected chi connectivity index (χ0v) is 19.2. The van der Waals surface area contributed by atoms with Crippen molar-refractivity contribution in [2.24, 2.45) is 11.8 Å². The quantitative estimate of drug-likeness (QED) is 0.221. The van der Waals surface area contributed by atoms with Gasteiger partial charge in [0.05, 0.1) is 19.0 Å². The third kappa shape index (κ3) is 7.00. The first-order chi connectivity index (χ1) is 16.6. The van der Waals surface area contributed by atoms with Crippen LogP contribution in [0.3, 0.4) is 0 Å². The monoisotopic (exact) mass is 498 g/mol. The van der Waals surface area contributed by atoms with Crippen LogP contribution in [0.5, 0.6) is 0 Å². The summed E-state index contributed by atoms with van der Waals surface area (Å²) in [6, 6.07) is 0.882. The molecule has 0 spiro atoms. The van der Waals surface area contributed by atoms with Gasteiger partial charge in [-0.25, -0.2) is 5.06 Å². The Labute approximate surface area is 200 Å². The van der Waals surface area contributed by atoms with Crippen LogP contribution in [0.1, 0.15) is 61.0 Å². The van der Waals surface area contributed by atoms with Gasteiger partial charge in [0.25, 0.3) is 0 Å². The van der Waals surface area contributed by atoms with E-state index in [0.717, 1.165) is 37.9 Å². The van der Waals surface area contributed by atoms with Crippen LogP contribution in [0.4, 0.5) is 13.2 Å². The molecule has 2 fully saturated rings. The number of carbonyl (C=O) groups is 4. The van der Waals surface area contributed by atoms with E-state index in [2.05, 4.69) is 10.3 Å². The zero-order valence-electron chi connectivity index (χ0n) is 19.2. The van der Waals surface area contributed by atoms with Gasteiger partial charge in [0.15, 0.2) is 5.78 Å². The zero-order chi connectivity index (χ0) is 25.6. The maximum absolute atomic E-state index is 13.3. The van der Waals surface area contributed by atoms with Gasteiger partial charge in [-0.1, -0.05) is 25.7 Å². The fourth-order valence-electron chi connectivity index (χ4n) is 4.82. The Balaban J connectivity index is 1.60. The molecule has 2 heterocycles. The number of rotatable bonds is 10. The van der Waals surface area contributed by atoms with Crippen molar-refractivity contribution >= 4 is 24.0 Å². The first-order valence-corrected chi connectivity index (χ1v) is 11.7. The molecule has 0 radical (unpaired) electrons. The van der Waals surface area contributed by atoms with Crippen molar-refractivity contribution in [3.63, 3.8) is 0 Å². The van der Waals surface area contributed by atoms with Crippen molar-refractivity contribution in [3.8, 4) is 0 Å². The number of aromatic nitrogens is 1. The fraction of sp³-hybridized carbons (Fsp3) is 0.609. The number of halogens is 3. The number of hydrogen-bond donors (Lipinski definition) is 2. The molecule has 2 aliphatic rings. The minimum Gasteiger partial charge on any atom is -0.347 e. The van der Waals surface area contributed by atoms with E-state index in [4.69, 9.17) is 0 Å². The molecule has 2 N–H and O–H groups in total. The predicted molar refractivity (Wildman–Crippen MR) is 116 cm³/mol. The van der Waals surface area contributed by atoms with Gasteiger partial charge < -0.3 is 10.2 Å². The van der Waals surface area contributed by atoms with E-state index in [0.29, 0.717) is 42.9 Å². The number of Topliss-reactive ketones (excluding diaryl/α,β-unsaturated/α-hetero) is 1. The van der Waals surface area contributed by atoms with E-state index in [-0.39, 0.29) is 24.4 Å². The maximum Gasteiger partial charge on any atom is 0.433 e. The van der Waals surface area contributed by atoms with Gasteiger partial charge in [0.2, 0.25) is 18.2 Å². The Hall–Kier alpha value is -3.02. The van der Waals surface area contributed by atoms with Crippen LogP contribution < -0.4 is 5.32 Å². The molecule has 1 aromatic heterocycles. The molecule has 0 aromatic carbocycles. The van der Waals surface area contributed by atoms with Crippen LogP contribution >= 0.6 is 0 Å². The molecule has 192 valence electrons. The standard InChI is InChI=1S/C23H29F3N4O5/c24-23(25,26)20-8-7-16(11-27-20)19(32)12-28-21(33)18-6-3-9-30(18)22(34)17(13-29(35)14-31)10-15-4-1-2-5-15/h7-8,11,14-15,17-18,35H,1-6,9-10,12-13H2,(H,28,33)/t17-,18+/m1/s1. The molecule has 1 aliphatic carbocycles. The molecule has 2 atom stereocenters. The van der Waals surface area contributed by atoms with Crippen LogP contribution in [0, 0.1) is 11.8 Å². The lowest BCUT2D eigenvalue weighted by Crippen LogP contribution is -2.50. The first kappa shape index (κ1) is 26.6. The van der Waals surface area contributed by atoms with Crippen molar-refractivity contribution in [1.82, 2.24) is 20.3 Å². The summed E-state index contributed by atoms with van der Waals surface area (Å²) in [7, 11) is 0. The van der Waals surface area contributed by atoms with Crippen LogP contribution in [0.25, 0.3) is 0 Å². The average molecular weight is 499 g/mol. The third-order valence-electron chi connectivity index (χ3n) is 6.61. The summed E-state index contributed by atoms with van der Waals surface area (Å²) in [6.07, 6.45) is 1.99. The molecule has 1 saturated carbocycles. The van der Waals surface area contributed by atoms with Gasteiger partial charge in [-0.05, 0) is 37.3 Å². The highest BCUT2D eigenvalue weighted by atomic mass is 19.4. The van der Waals surface area contributed by atoms with Gasteiger partial charge in [0.1, 0.15) is 11.7 Å². The molecular formula is C23H29F3N4O5. The van der Waals surface area contributed by atoms with Crippen molar-refractivity contribution in [1.29, 1.82) is 0 Å². The predicted octanol–water partition coefficient (Wildman–Crippen LogP) is 2.43. The fourth-order valence-corrected chi connectivity index (χ4v) is 4.82. The Morgan fingerprint density at radius 2 is 1.91 bits per heavy atom. The van der Waals surface area contributed by atoms with Crippen LogP contribution in [0.2, 0.25) is 0 Å². The highest BCUT2D eigenvalue weighted by Crippen LogP contribution is 2.32. The molecule has 0 bridgehead atoms. The van der Waals surface area contributed by atoms with E-state index in [1.807, 2.05) is 0 Å². The summed E-state index contributed by atoms with van der Waals surface area (Å²) in [4.78, 5) is 54.0. The van der Waals surface area contributed by atoms with Gasteiger partial charge >= 0.3 is 6.18 Å². The summed E-state index contributed by atoms with van der Waals surface area (Å²) in [6.45, 7) is -0.282. The number of nitrogens with one attached hydrogen (secondary N) is 1. The van der Waals surface area contributed by atoms with Crippen molar-refractivity contribution in [2.45, 2.75) is 57.2 Å². The van der Waals surface area contributed by atoms with E-state index < -0.39 is 42.1 Å². The third-order valence-corrected chi connectivity index (χ3v) is 6.61. The summed E-state index contributed by atoms with van der Waals surface area (Å²) < 4.78 is 37.9. The first-order valence-electron chi connectivity index (χ1n) is 11.7. The van der Waals surface area contributed by atoms with Gasteiger partial charge in [-0.3, -0.25) is 29.4 Å². The molecule has 0 unspecified atom stereocenters. The highest BCUT2D eigenvalue weighted by Gasteiger charge is 2.38. The molecule has 1 aromatic rings. The van der Waals surface area contributed by atoms with Crippen molar-refractivity contribution in [3.05, 3.63) is 29.6 Å². The van der Waals surface area contributed by atoms with Gasteiger partial charge in [-0.15, -0.1) is 0 Å². The van der Waals surface area contributed by atoms with Gasteiger partial charge in [-0.2, -0.15) is 13.2 Å². The second-order valence-electron chi connectivity index (χ2n) is 9.07. The summed E-state index contributed by atoms with van der Waals surface area (Å²) in [5.41, 5.74) is -1.20. The Bertz CT molecular complexity index is 919. The normalized spacial score (nSPS) is 19.4. The van der Waals surface area contributed by atoms with Crippen molar-refractivity contribution < 1.29 is 37.6 Å². The topological polar surface area (TPSA) is 120 Å². The summed E-state index contributed by atoms with van der Waals surface area (Å²) in [5, 5.41) is 12.6. The van der Waals surface area contributed by atoms with Crippen LogP contribution in [-0.4, -0.2) is 69.8 Å². The minimum absolute atomic E-state index is 0.0776. The lowest BCUT2D eigenvalue weighted by Gasteiger charge is -2.30. The maximum atomic E-state index is 13.3.